The fourth-order valence-electron chi connectivity index (χ4n) is 2.06. The van der Waals surface area contributed by atoms with E-state index in [1.807, 2.05) is 30.3 Å². The SMILES string of the molecule is COCCCNc1cc(C(=O)N(C)c2ccccc2)ccn1. The maximum atomic E-state index is 12.5. The molecule has 0 aliphatic carbocycles. The monoisotopic (exact) mass is 299 g/mol. The molecular formula is C17H21N3O2. The number of carbonyl (C=O) groups excluding carboxylic acids is 1. The number of para-hydroxylation sites is 1. The number of anilines is 2. The number of rotatable bonds is 7. The Bertz CT molecular complexity index is 602. The second-order valence-electron chi connectivity index (χ2n) is 4.90. The van der Waals surface area contributed by atoms with Crippen LogP contribution in [0.15, 0.2) is 48.7 Å². The van der Waals surface area contributed by atoms with Gasteiger partial charge in [-0.15, -0.1) is 0 Å². The Labute approximate surface area is 130 Å². The minimum atomic E-state index is -0.0615. The molecule has 2 aromatic rings. The summed E-state index contributed by atoms with van der Waals surface area (Å²) in [7, 11) is 3.45. The summed E-state index contributed by atoms with van der Waals surface area (Å²) < 4.78 is 5.00. The first-order chi connectivity index (χ1) is 10.7. The highest BCUT2D eigenvalue weighted by molar-refractivity contribution is 6.06. The molecule has 1 aromatic carbocycles. The molecule has 0 aliphatic rings. The molecule has 0 unspecified atom stereocenters. The summed E-state index contributed by atoms with van der Waals surface area (Å²) in [6.07, 6.45) is 2.53. The molecule has 0 radical (unpaired) electrons. The third-order valence-electron chi connectivity index (χ3n) is 3.29. The van der Waals surface area contributed by atoms with E-state index in [0.717, 1.165) is 18.7 Å². The van der Waals surface area contributed by atoms with Crippen LogP contribution in [0, 0.1) is 0 Å². The van der Waals surface area contributed by atoms with E-state index in [0.29, 0.717) is 18.0 Å². The van der Waals surface area contributed by atoms with Gasteiger partial charge in [0, 0.05) is 44.8 Å². The Kier molecular flexibility index (Phi) is 5.91. The lowest BCUT2D eigenvalue weighted by atomic mass is 10.2. The molecule has 0 bridgehead atoms. The molecule has 5 heteroatoms. The van der Waals surface area contributed by atoms with Crippen LogP contribution in [-0.4, -0.2) is 38.2 Å². The molecule has 2 rings (SSSR count). The van der Waals surface area contributed by atoms with Gasteiger partial charge in [0.2, 0.25) is 0 Å². The van der Waals surface area contributed by atoms with Crippen molar-refractivity contribution in [2.24, 2.45) is 0 Å². The number of nitrogens with zero attached hydrogens (tertiary/aromatic N) is 2. The highest BCUT2D eigenvalue weighted by atomic mass is 16.5. The van der Waals surface area contributed by atoms with Gasteiger partial charge in [-0.3, -0.25) is 4.79 Å². The van der Waals surface area contributed by atoms with Crippen LogP contribution < -0.4 is 10.2 Å². The van der Waals surface area contributed by atoms with Crippen molar-refractivity contribution in [3.8, 4) is 0 Å². The van der Waals surface area contributed by atoms with Crippen LogP contribution in [0.25, 0.3) is 0 Å². The van der Waals surface area contributed by atoms with Gasteiger partial charge in [0.25, 0.3) is 5.91 Å². The van der Waals surface area contributed by atoms with Crippen LogP contribution in [-0.2, 0) is 4.74 Å². The molecule has 0 spiro atoms. The van der Waals surface area contributed by atoms with Crippen molar-refractivity contribution in [3.05, 3.63) is 54.2 Å². The van der Waals surface area contributed by atoms with Gasteiger partial charge in [0.15, 0.2) is 0 Å². The number of amides is 1. The Hall–Kier alpha value is -2.40. The average molecular weight is 299 g/mol. The number of carbonyl (C=O) groups is 1. The van der Waals surface area contributed by atoms with Crippen molar-refractivity contribution in [3.63, 3.8) is 0 Å². The van der Waals surface area contributed by atoms with Crippen LogP contribution in [0.4, 0.5) is 11.5 Å². The van der Waals surface area contributed by atoms with Crippen molar-refractivity contribution < 1.29 is 9.53 Å². The van der Waals surface area contributed by atoms with Crippen LogP contribution in [0.1, 0.15) is 16.8 Å². The van der Waals surface area contributed by atoms with Crippen LogP contribution in [0.2, 0.25) is 0 Å². The first kappa shape index (κ1) is 16.0. The van der Waals surface area contributed by atoms with Crippen LogP contribution >= 0.6 is 0 Å². The summed E-state index contributed by atoms with van der Waals surface area (Å²) in [5.41, 5.74) is 1.47. The third kappa shape index (κ3) is 4.30. The summed E-state index contributed by atoms with van der Waals surface area (Å²) in [6.45, 7) is 1.45. The van der Waals surface area contributed by atoms with Gasteiger partial charge in [-0.2, -0.15) is 0 Å². The van der Waals surface area contributed by atoms with Gasteiger partial charge < -0.3 is 15.0 Å². The summed E-state index contributed by atoms with van der Waals surface area (Å²) in [4.78, 5) is 18.4. The first-order valence-electron chi connectivity index (χ1n) is 7.24. The van der Waals surface area contributed by atoms with E-state index in [1.54, 1.807) is 37.4 Å². The number of nitrogens with one attached hydrogen (secondary N) is 1. The zero-order valence-electron chi connectivity index (χ0n) is 13.0. The topological polar surface area (TPSA) is 54.5 Å². The number of aromatic nitrogens is 1. The van der Waals surface area contributed by atoms with Crippen molar-refractivity contribution in [2.75, 3.05) is 37.5 Å². The van der Waals surface area contributed by atoms with Gasteiger partial charge >= 0.3 is 0 Å². The molecular weight excluding hydrogens is 278 g/mol. The molecule has 0 atom stereocenters. The fourth-order valence-corrected chi connectivity index (χ4v) is 2.06. The van der Waals surface area contributed by atoms with E-state index >= 15 is 0 Å². The zero-order chi connectivity index (χ0) is 15.8. The lowest BCUT2D eigenvalue weighted by Crippen LogP contribution is -2.26. The molecule has 0 fully saturated rings. The standard InChI is InChI=1S/C17H21N3O2/c1-20(15-7-4-3-5-8-15)17(21)14-9-11-19-16(13-14)18-10-6-12-22-2/h3-5,7-9,11,13H,6,10,12H2,1-2H3,(H,18,19). The predicted molar refractivity (Wildman–Crippen MR) is 88.4 cm³/mol. The van der Waals surface area contributed by atoms with Crippen molar-refractivity contribution in [2.45, 2.75) is 6.42 Å². The Morgan fingerprint density at radius 3 is 2.77 bits per heavy atom. The Morgan fingerprint density at radius 2 is 2.05 bits per heavy atom. The van der Waals surface area contributed by atoms with Gasteiger partial charge in [0.05, 0.1) is 0 Å². The maximum absolute atomic E-state index is 12.5. The van der Waals surface area contributed by atoms with Gasteiger partial charge in [-0.05, 0) is 30.7 Å². The van der Waals surface area contributed by atoms with Gasteiger partial charge in [0.1, 0.15) is 5.82 Å². The number of hydrogen-bond acceptors (Lipinski definition) is 4. The molecule has 1 aromatic heterocycles. The predicted octanol–water partition coefficient (Wildman–Crippen LogP) is 2.81. The number of benzene rings is 1. The molecule has 0 saturated heterocycles. The molecule has 0 aliphatic heterocycles. The summed E-state index contributed by atoms with van der Waals surface area (Å²) >= 11 is 0. The van der Waals surface area contributed by atoms with E-state index in [-0.39, 0.29) is 5.91 Å². The molecule has 116 valence electrons. The average Bonchev–Trinajstić information content (AvgIpc) is 2.58. The molecule has 5 nitrogen and oxygen atoms in total. The second-order valence-corrected chi connectivity index (χ2v) is 4.90. The molecule has 1 N–H and O–H groups in total. The quantitative estimate of drug-likeness (QED) is 0.799. The summed E-state index contributed by atoms with van der Waals surface area (Å²) in [5, 5.41) is 3.19. The van der Waals surface area contributed by atoms with Crippen LogP contribution in [0.3, 0.4) is 0 Å². The minimum Gasteiger partial charge on any atom is -0.385 e. The van der Waals surface area contributed by atoms with Crippen LogP contribution in [0.5, 0.6) is 0 Å². The maximum Gasteiger partial charge on any atom is 0.258 e. The molecule has 22 heavy (non-hydrogen) atoms. The molecule has 1 heterocycles. The van der Waals surface area contributed by atoms with E-state index in [9.17, 15) is 4.79 Å². The minimum absolute atomic E-state index is 0.0615. The van der Waals surface area contributed by atoms with E-state index in [2.05, 4.69) is 10.3 Å². The molecule has 1 amide bonds. The smallest absolute Gasteiger partial charge is 0.258 e. The third-order valence-corrected chi connectivity index (χ3v) is 3.29. The van der Waals surface area contributed by atoms with E-state index in [4.69, 9.17) is 4.74 Å². The number of pyridine rings is 1. The van der Waals surface area contributed by atoms with Crippen molar-refractivity contribution in [1.29, 1.82) is 0 Å². The second kappa shape index (κ2) is 8.14. The van der Waals surface area contributed by atoms with Crippen molar-refractivity contribution >= 4 is 17.4 Å². The zero-order valence-corrected chi connectivity index (χ0v) is 13.0. The lowest BCUT2D eigenvalue weighted by Gasteiger charge is -2.17. The fraction of sp³-hybridized carbons (Fsp3) is 0.294. The summed E-state index contributed by atoms with van der Waals surface area (Å²) in [6, 6.07) is 13.1. The normalized spacial score (nSPS) is 10.3. The molecule has 0 saturated carbocycles. The summed E-state index contributed by atoms with van der Waals surface area (Å²) in [5.74, 6) is 0.636. The Morgan fingerprint density at radius 1 is 1.27 bits per heavy atom. The van der Waals surface area contributed by atoms with Gasteiger partial charge in [-0.25, -0.2) is 4.98 Å². The van der Waals surface area contributed by atoms with E-state index < -0.39 is 0 Å². The number of hydrogen-bond donors (Lipinski definition) is 1. The van der Waals surface area contributed by atoms with E-state index in [1.165, 1.54) is 0 Å². The van der Waals surface area contributed by atoms with Crippen molar-refractivity contribution in [1.82, 2.24) is 4.98 Å². The lowest BCUT2D eigenvalue weighted by molar-refractivity contribution is 0.0993. The number of ether oxygens (including phenoxy) is 1. The number of methoxy groups -OCH3 is 1. The largest absolute Gasteiger partial charge is 0.385 e. The first-order valence-corrected chi connectivity index (χ1v) is 7.24. The highest BCUT2D eigenvalue weighted by Crippen LogP contribution is 2.16. The van der Waals surface area contributed by atoms with Gasteiger partial charge in [-0.1, -0.05) is 18.2 Å². The Balaban J connectivity index is 2.03. The highest BCUT2D eigenvalue weighted by Gasteiger charge is 2.13.